The minimum Gasteiger partial charge on any atom is -0.335 e. The number of carbonyl (C=O) groups is 1. The minimum atomic E-state index is -3.14. The van der Waals surface area contributed by atoms with Crippen LogP contribution in [-0.4, -0.2) is 62.1 Å². The lowest BCUT2D eigenvalue weighted by atomic mass is 9.83. The van der Waals surface area contributed by atoms with Gasteiger partial charge in [0.25, 0.3) is 0 Å². The molecule has 0 radical (unpaired) electrons. The molecule has 1 aliphatic heterocycles. The molecule has 2 fully saturated rings. The van der Waals surface area contributed by atoms with Gasteiger partial charge < -0.3 is 10.2 Å². The van der Waals surface area contributed by atoms with Gasteiger partial charge in [0.15, 0.2) is 0 Å². The molecule has 2 rings (SSSR count). The van der Waals surface area contributed by atoms with Crippen LogP contribution in [0.25, 0.3) is 0 Å². The van der Waals surface area contributed by atoms with Gasteiger partial charge in [0.05, 0.1) is 6.26 Å². The predicted octanol–water partition coefficient (Wildman–Crippen LogP) is 2.02. The number of urea groups is 1. The predicted molar refractivity (Wildman–Crippen MR) is 91.8 cm³/mol. The highest BCUT2D eigenvalue weighted by atomic mass is 32.2. The number of amides is 2. The zero-order valence-electron chi connectivity index (χ0n) is 14.5. The van der Waals surface area contributed by atoms with E-state index in [1.807, 2.05) is 0 Å². The maximum Gasteiger partial charge on any atom is 0.317 e. The Kier molecular flexibility index (Phi) is 6.71. The fraction of sp³-hybridized carbons (Fsp3) is 0.938. The Hall–Kier alpha value is -0.820. The normalized spacial score (nSPS) is 27.0. The van der Waals surface area contributed by atoms with Gasteiger partial charge in [-0.2, -0.15) is 4.31 Å². The lowest BCUT2D eigenvalue weighted by Crippen LogP contribution is -2.54. The smallest absolute Gasteiger partial charge is 0.317 e. The summed E-state index contributed by atoms with van der Waals surface area (Å²) >= 11 is 0. The molecule has 23 heavy (non-hydrogen) atoms. The molecule has 2 aliphatic rings. The van der Waals surface area contributed by atoms with Crippen molar-refractivity contribution < 1.29 is 13.2 Å². The van der Waals surface area contributed by atoms with Crippen LogP contribution in [0.2, 0.25) is 0 Å². The second-order valence-electron chi connectivity index (χ2n) is 6.96. The molecule has 0 spiro atoms. The monoisotopic (exact) mass is 345 g/mol. The van der Waals surface area contributed by atoms with E-state index in [9.17, 15) is 13.2 Å². The Morgan fingerprint density at radius 3 is 2.22 bits per heavy atom. The Bertz CT molecular complexity index is 479. The highest BCUT2D eigenvalue weighted by molar-refractivity contribution is 7.88. The fourth-order valence-corrected chi connectivity index (χ4v) is 4.40. The molecule has 134 valence electrons. The van der Waals surface area contributed by atoms with Crippen LogP contribution in [0.5, 0.6) is 0 Å². The molecule has 0 aromatic rings. The molecule has 2 amide bonds. The average molecular weight is 346 g/mol. The maximum absolute atomic E-state index is 12.3. The number of sulfonamides is 1. The zero-order chi connectivity index (χ0) is 16.9. The summed E-state index contributed by atoms with van der Waals surface area (Å²) in [5, 5.41) is 3.14. The quantitative estimate of drug-likeness (QED) is 0.829. The van der Waals surface area contributed by atoms with Gasteiger partial charge in [-0.3, -0.25) is 0 Å². The topological polar surface area (TPSA) is 69.7 Å². The first kappa shape index (κ1) is 18.5. The van der Waals surface area contributed by atoms with E-state index in [1.54, 1.807) is 4.90 Å². The Balaban J connectivity index is 1.70. The summed E-state index contributed by atoms with van der Waals surface area (Å²) in [5.41, 5.74) is 0. The summed E-state index contributed by atoms with van der Waals surface area (Å²) in [6.07, 6.45) is 9.69. The number of rotatable bonds is 5. The number of nitrogens with one attached hydrogen (secondary N) is 1. The number of unbranched alkanes of at least 4 members (excludes halogenated alkanes) is 1. The Labute approximate surface area is 140 Å². The number of hydrogen-bond donors (Lipinski definition) is 1. The first-order chi connectivity index (χ1) is 10.9. The van der Waals surface area contributed by atoms with Gasteiger partial charge in [0.1, 0.15) is 0 Å². The van der Waals surface area contributed by atoms with Gasteiger partial charge in [0.2, 0.25) is 10.0 Å². The van der Waals surface area contributed by atoms with Crippen molar-refractivity contribution in [3.05, 3.63) is 0 Å². The largest absolute Gasteiger partial charge is 0.335 e. The van der Waals surface area contributed by atoms with Gasteiger partial charge >= 0.3 is 6.03 Å². The van der Waals surface area contributed by atoms with Crippen LogP contribution in [-0.2, 0) is 10.0 Å². The van der Waals surface area contributed by atoms with Crippen LogP contribution in [0.15, 0.2) is 0 Å². The number of carbonyl (C=O) groups excluding carboxylic acids is 1. The van der Waals surface area contributed by atoms with Crippen molar-refractivity contribution in [1.29, 1.82) is 0 Å². The average Bonchev–Trinajstić information content (AvgIpc) is 2.53. The number of nitrogens with zero attached hydrogens (tertiary/aromatic N) is 2. The van der Waals surface area contributed by atoms with Crippen LogP contribution < -0.4 is 5.32 Å². The highest BCUT2D eigenvalue weighted by Gasteiger charge is 2.28. The molecule has 6 nitrogen and oxygen atoms in total. The van der Waals surface area contributed by atoms with E-state index in [2.05, 4.69) is 12.2 Å². The molecule has 7 heteroatoms. The third-order valence-corrected chi connectivity index (χ3v) is 6.44. The van der Waals surface area contributed by atoms with Crippen molar-refractivity contribution in [3.63, 3.8) is 0 Å². The van der Waals surface area contributed by atoms with Crippen molar-refractivity contribution in [2.45, 2.75) is 57.9 Å². The summed E-state index contributed by atoms with van der Waals surface area (Å²) in [5.74, 6) is 0.835. The number of piperazine rings is 1. The molecule has 1 saturated heterocycles. The van der Waals surface area contributed by atoms with Crippen LogP contribution >= 0.6 is 0 Å². The van der Waals surface area contributed by atoms with E-state index in [0.29, 0.717) is 26.2 Å². The van der Waals surface area contributed by atoms with Crippen LogP contribution in [0.1, 0.15) is 51.9 Å². The Morgan fingerprint density at radius 2 is 1.70 bits per heavy atom. The second-order valence-corrected chi connectivity index (χ2v) is 8.94. The molecule has 0 aromatic heterocycles. The third kappa shape index (κ3) is 5.64. The molecular formula is C16H31N3O3S. The molecule has 1 aliphatic carbocycles. The number of hydrogen-bond acceptors (Lipinski definition) is 3. The van der Waals surface area contributed by atoms with E-state index in [1.165, 1.54) is 42.7 Å². The van der Waals surface area contributed by atoms with Crippen molar-refractivity contribution in [3.8, 4) is 0 Å². The second kappa shape index (κ2) is 8.33. The molecule has 0 unspecified atom stereocenters. The van der Waals surface area contributed by atoms with Crippen molar-refractivity contribution in [1.82, 2.24) is 14.5 Å². The molecule has 1 saturated carbocycles. The van der Waals surface area contributed by atoms with Crippen LogP contribution in [0, 0.1) is 5.92 Å². The molecular weight excluding hydrogens is 314 g/mol. The highest BCUT2D eigenvalue weighted by Crippen LogP contribution is 2.28. The van der Waals surface area contributed by atoms with E-state index in [0.717, 1.165) is 18.8 Å². The third-order valence-electron chi connectivity index (χ3n) is 5.14. The van der Waals surface area contributed by atoms with Gasteiger partial charge in [0, 0.05) is 32.2 Å². The summed E-state index contributed by atoms with van der Waals surface area (Å²) in [7, 11) is -3.14. The maximum atomic E-state index is 12.3. The fourth-order valence-electron chi connectivity index (χ4n) is 3.58. The summed E-state index contributed by atoms with van der Waals surface area (Å²) < 4.78 is 24.4. The standard InChI is InChI=1S/C16H31N3O3S/c1-3-4-5-14-6-8-15(9-7-14)17-16(20)18-10-12-19(13-11-18)23(2,21)22/h14-15H,3-13H2,1-2H3,(H,17,20). The summed E-state index contributed by atoms with van der Waals surface area (Å²) in [6, 6.07) is 0.253. The van der Waals surface area contributed by atoms with E-state index < -0.39 is 10.0 Å². The van der Waals surface area contributed by atoms with Gasteiger partial charge in [-0.05, 0) is 31.6 Å². The van der Waals surface area contributed by atoms with Crippen LogP contribution in [0.3, 0.4) is 0 Å². The van der Waals surface area contributed by atoms with Crippen LogP contribution in [0.4, 0.5) is 4.79 Å². The van der Waals surface area contributed by atoms with Gasteiger partial charge in [-0.15, -0.1) is 0 Å². The zero-order valence-corrected chi connectivity index (χ0v) is 15.3. The SMILES string of the molecule is CCCCC1CCC(NC(=O)N2CCN(S(C)(=O)=O)CC2)CC1. The summed E-state index contributed by atoms with van der Waals surface area (Å²) in [6.45, 7) is 3.98. The van der Waals surface area contributed by atoms with Crippen molar-refractivity contribution >= 4 is 16.1 Å². The van der Waals surface area contributed by atoms with E-state index in [4.69, 9.17) is 0 Å². The lowest BCUT2D eigenvalue weighted by Gasteiger charge is -2.35. The van der Waals surface area contributed by atoms with E-state index >= 15 is 0 Å². The molecule has 0 bridgehead atoms. The summed E-state index contributed by atoms with van der Waals surface area (Å²) in [4.78, 5) is 14.1. The molecule has 0 aromatic carbocycles. The Morgan fingerprint density at radius 1 is 1.09 bits per heavy atom. The minimum absolute atomic E-state index is 0.0323. The molecule has 1 N–H and O–H groups in total. The van der Waals surface area contributed by atoms with Gasteiger partial charge in [-0.25, -0.2) is 13.2 Å². The van der Waals surface area contributed by atoms with Gasteiger partial charge in [-0.1, -0.05) is 26.2 Å². The van der Waals surface area contributed by atoms with Crippen molar-refractivity contribution in [2.75, 3.05) is 32.4 Å². The lowest BCUT2D eigenvalue weighted by molar-refractivity contribution is 0.163. The van der Waals surface area contributed by atoms with E-state index in [-0.39, 0.29) is 12.1 Å². The van der Waals surface area contributed by atoms with Crippen molar-refractivity contribution in [2.24, 2.45) is 5.92 Å². The first-order valence-corrected chi connectivity index (χ1v) is 10.8. The molecule has 0 atom stereocenters. The molecule has 1 heterocycles. The first-order valence-electron chi connectivity index (χ1n) is 8.90.